The first-order chi connectivity index (χ1) is 13.6. The van der Waals surface area contributed by atoms with Crippen LogP contribution < -0.4 is 10.6 Å². The van der Waals surface area contributed by atoms with E-state index in [2.05, 4.69) is 25.8 Å². The van der Waals surface area contributed by atoms with Crippen molar-refractivity contribution in [3.05, 3.63) is 65.6 Å². The van der Waals surface area contributed by atoms with Crippen LogP contribution in [-0.2, 0) is 0 Å². The minimum atomic E-state index is -0.105. The molecular formula is C21H24N6O. The summed E-state index contributed by atoms with van der Waals surface area (Å²) in [5.74, 6) is 0.736. The molecule has 1 amide bonds. The number of benzene rings is 1. The number of hydrogen-bond donors (Lipinski definition) is 2. The summed E-state index contributed by atoms with van der Waals surface area (Å²) in [4.78, 5) is 19.0. The Bertz CT molecular complexity index is 952. The summed E-state index contributed by atoms with van der Waals surface area (Å²) in [5.41, 5.74) is 3.40. The molecule has 0 aliphatic heterocycles. The van der Waals surface area contributed by atoms with Crippen LogP contribution in [0, 0.1) is 13.8 Å². The predicted octanol–water partition coefficient (Wildman–Crippen LogP) is 3.04. The minimum absolute atomic E-state index is 0.0505. The van der Waals surface area contributed by atoms with E-state index < -0.39 is 0 Å². The number of pyridine rings is 1. The van der Waals surface area contributed by atoms with Crippen molar-refractivity contribution >= 4 is 11.7 Å². The van der Waals surface area contributed by atoms with Crippen LogP contribution in [0.2, 0.25) is 0 Å². The van der Waals surface area contributed by atoms with Gasteiger partial charge in [0.2, 0.25) is 0 Å². The Balaban J connectivity index is 1.51. The molecule has 1 saturated carbocycles. The zero-order chi connectivity index (χ0) is 19.5. The van der Waals surface area contributed by atoms with Gasteiger partial charge in [-0.3, -0.25) is 4.79 Å². The van der Waals surface area contributed by atoms with Crippen molar-refractivity contribution in [2.75, 3.05) is 5.32 Å². The van der Waals surface area contributed by atoms with Gasteiger partial charge in [0.05, 0.1) is 23.6 Å². The standard InChI is InChI=1S/C21H24N6O/c1-14-6-8-19(27-23-10-11-24-27)16(12-14)21(28)26-18-5-3-4-17(18)25-20-9-7-15(2)13-22-20/h6-13,17-18H,3-5H2,1-2H3,(H,22,25)(H,26,28)/t17-,18+/m0/s1. The van der Waals surface area contributed by atoms with E-state index in [4.69, 9.17) is 0 Å². The molecule has 1 aliphatic carbocycles. The fraction of sp³-hybridized carbons (Fsp3) is 0.333. The Morgan fingerprint density at radius 2 is 1.79 bits per heavy atom. The molecule has 2 aromatic heterocycles. The lowest BCUT2D eigenvalue weighted by Crippen LogP contribution is -2.43. The maximum Gasteiger partial charge on any atom is 0.253 e. The lowest BCUT2D eigenvalue weighted by atomic mass is 10.1. The first-order valence-electron chi connectivity index (χ1n) is 9.57. The molecule has 0 spiro atoms. The molecule has 2 heterocycles. The third-order valence-electron chi connectivity index (χ3n) is 5.11. The van der Waals surface area contributed by atoms with Crippen molar-refractivity contribution in [2.45, 2.75) is 45.2 Å². The normalized spacial score (nSPS) is 18.8. The molecule has 0 bridgehead atoms. The number of aryl methyl sites for hydroxylation is 2. The molecule has 4 rings (SSSR count). The number of hydrogen-bond acceptors (Lipinski definition) is 5. The van der Waals surface area contributed by atoms with Crippen LogP contribution in [0.3, 0.4) is 0 Å². The first kappa shape index (κ1) is 18.2. The lowest BCUT2D eigenvalue weighted by molar-refractivity contribution is 0.0935. The summed E-state index contributed by atoms with van der Waals surface area (Å²) in [7, 11) is 0. The second-order valence-corrected chi connectivity index (χ2v) is 7.32. The van der Waals surface area contributed by atoms with Crippen LogP contribution in [0.4, 0.5) is 5.82 Å². The number of nitrogens with one attached hydrogen (secondary N) is 2. The lowest BCUT2D eigenvalue weighted by Gasteiger charge is -2.23. The summed E-state index contributed by atoms with van der Waals surface area (Å²) in [6.45, 7) is 3.99. The van der Waals surface area contributed by atoms with Crippen molar-refractivity contribution in [1.82, 2.24) is 25.3 Å². The Morgan fingerprint density at radius 3 is 2.54 bits per heavy atom. The van der Waals surface area contributed by atoms with Gasteiger partial charge in [0, 0.05) is 18.3 Å². The molecule has 1 fully saturated rings. The molecule has 28 heavy (non-hydrogen) atoms. The van der Waals surface area contributed by atoms with Crippen LogP contribution >= 0.6 is 0 Å². The fourth-order valence-corrected chi connectivity index (χ4v) is 3.64. The third-order valence-corrected chi connectivity index (χ3v) is 5.11. The molecule has 1 aliphatic rings. The van der Waals surface area contributed by atoms with Crippen LogP contribution in [-0.4, -0.2) is 38.0 Å². The van der Waals surface area contributed by atoms with E-state index in [1.54, 1.807) is 12.4 Å². The maximum absolute atomic E-state index is 13.1. The van der Waals surface area contributed by atoms with Gasteiger partial charge in [-0.25, -0.2) is 4.98 Å². The van der Waals surface area contributed by atoms with E-state index in [1.807, 2.05) is 50.4 Å². The summed E-state index contributed by atoms with van der Waals surface area (Å²) in [6, 6.07) is 9.95. The monoisotopic (exact) mass is 376 g/mol. The van der Waals surface area contributed by atoms with Gasteiger partial charge in [-0.1, -0.05) is 17.7 Å². The van der Waals surface area contributed by atoms with E-state index in [0.29, 0.717) is 11.3 Å². The van der Waals surface area contributed by atoms with Crippen molar-refractivity contribution in [1.29, 1.82) is 0 Å². The molecule has 144 valence electrons. The molecule has 0 saturated heterocycles. The highest BCUT2D eigenvalue weighted by Crippen LogP contribution is 2.24. The number of carbonyl (C=O) groups excluding carboxylic acids is 1. The molecule has 0 radical (unpaired) electrons. The molecule has 2 atom stereocenters. The molecule has 7 heteroatoms. The van der Waals surface area contributed by atoms with E-state index in [9.17, 15) is 4.79 Å². The zero-order valence-corrected chi connectivity index (χ0v) is 16.1. The molecule has 3 aromatic rings. The number of nitrogens with zero attached hydrogens (tertiary/aromatic N) is 4. The third kappa shape index (κ3) is 3.88. The molecule has 1 aromatic carbocycles. The van der Waals surface area contributed by atoms with Crippen molar-refractivity contribution < 1.29 is 4.79 Å². The van der Waals surface area contributed by atoms with E-state index in [0.717, 1.165) is 36.2 Å². The van der Waals surface area contributed by atoms with Crippen molar-refractivity contribution in [3.8, 4) is 5.69 Å². The predicted molar refractivity (Wildman–Crippen MR) is 108 cm³/mol. The van der Waals surface area contributed by atoms with Crippen LogP contribution in [0.5, 0.6) is 0 Å². The second-order valence-electron chi connectivity index (χ2n) is 7.32. The van der Waals surface area contributed by atoms with Gasteiger partial charge < -0.3 is 10.6 Å². The van der Waals surface area contributed by atoms with E-state index in [1.165, 1.54) is 4.80 Å². The highest BCUT2D eigenvalue weighted by Gasteiger charge is 2.29. The van der Waals surface area contributed by atoms with E-state index >= 15 is 0 Å². The maximum atomic E-state index is 13.1. The van der Waals surface area contributed by atoms with Gasteiger partial charge in [0.1, 0.15) is 5.82 Å². The van der Waals surface area contributed by atoms with Gasteiger partial charge in [-0.05, 0) is 56.9 Å². The number of amides is 1. The summed E-state index contributed by atoms with van der Waals surface area (Å²) in [5, 5.41) is 15.0. The summed E-state index contributed by atoms with van der Waals surface area (Å²) in [6.07, 6.45) is 8.06. The number of aromatic nitrogens is 4. The number of carbonyl (C=O) groups is 1. The van der Waals surface area contributed by atoms with Gasteiger partial charge in [0.15, 0.2) is 0 Å². The van der Waals surface area contributed by atoms with Gasteiger partial charge in [-0.15, -0.1) is 0 Å². The fourth-order valence-electron chi connectivity index (χ4n) is 3.64. The minimum Gasteiger partial charge on any atom is -0.365 e. The smallest absolute Gasteiger partial charge is 0.253 e. The van der Waals surface area contributed by atoms with Gasteiger partial charge in [-0.2, -0.15) is 15.0 Å². The Labute approximate surface area is 164 Å². The highest BCUT2D eigenvalue weighted by molar-refractivity contribution is 5.98. The quantitative estimate of drug-likeness (QED) is 0.715. The second kappa shape index (κ2) is 7.80. The van der Waals surface area contributed by atoms with Crippen molar-refractivity contribution in [3.63, 3.8) is 0 Å². The van der Waals surface area contributed by atoms with Gasteiger partial charge in [0.25, 0.3) is 5.91 Å². The van der Waals surface area contributed by atoms with Gasteiger partial charge >= 0.3 is 0 Å². The van der Waals surface area contributed by atoms with E-state index in [-0.39, 0.29) is 18.0 Å². The average molecular weight is 376 g/mol. The van der Waals surface area contributed by atoms with Crippen LogP contribution in [0.15, 0.2) is 48.9 Å². The number of rotatable bonds is 5. The Morgan fingerprint density at radius 1 is 1.04 bits per heavy atom. The molecule has 2 N–H and O–H groups in total. The average Bonchev–Trinajstić information content (AvgIpc) is 3.36. The van der Waals surface area contributed by atoms with Crippen LogP contribution in [0.25, 0.3) is 5.69 Å². The SMILES string of the molecule is Cc1ccc(N[C@H]2CCC[C@H]2NC(=O)c2cc(C)ccc2-n2nccn2)nc1. The summed E-state index contributed by atoms with van der Waals surface area (Å²) >= 11 is 0. The molecule has 7 nitrogen and oxygen atoms in total. The topological polar surface area (TPSA) is 84.7 Å². The summed E-state index contributed by atoms with van der Waals surface area (Å²) < 4.78 is 0. The Kier molecular flexibility index (Phi) is 5.06. The zero-order valence-electron chi connectivity index (χ0n) is 16.1. The number of anilines is 1. The first-order valence-corrected chi connectivity index (χ1v) is 9.57. The largest absolute Gasteiger partial charge is 0.365 e. The highest BCUT2D eigenvalue weighted by atomic mass is 16.1. The molecular weight excluding hydrogens is 352 g/mol. The molecule has 0 unspecified atom stereocenters. The van der Waals surface area contributed by atoms with Crippen molar-refractivity contribution in [2.24, 2.45) is 0 Å². The van der Waals surface area contributed by atoms with Crippen LogP contribution in [0.1, 0.15) is 40.7 Å². The Hall–Kier alpha value is -3.22.